The predicted molar refractivity (Wildman–Crippen MR) is 166 cm³/mol. The number of nitrogens with zero attached hydrogens (tertiary/aromatic N) is 5. The van der Waals surface area contributed by atoms with Gasteiger partial charge >= 0.3 is 0 Å². The van der Waals surface area contributed by atoms with Crippen molar-refractivity contribution in [3.8, 4) is 16.9 Å². The van der Waals surface area contributed by atoms with E-state index in [1.807, 2.05) is 20.8 Å². The van der Waals surface area contributed by atoms with Crippen molar-refractivity contribution in [2.75, 3.05) is 11.1 Å². The number of fused-ring (bicyclic) bond motifs is 1. The fourth-order valence-electron chi connectivity index (χ4n) is 4.79. The van der Waals surface area contributed by atoms with Gasteiger partial charge in [0.05, 0.1) is 40.2 Å². The van der Waals surface area contributed by atoms with Gasteiger partial charge in [-0.3, -0.25) is 9.59 Å². The van der Waals surface area contributed by atoms with Crippen LogP contribution in [0.25, 0.3) is 27.7 Å². The first-order valence-corrected chi connectivity index (χ1v) is 15.4. The highest BCUT2D eigenvalue weighted by molar-refractivity contribution is 7.91. The molecule has 0 atom stereocenters. The summed E-state index contributed by atoms with van der Waals surface area (Å²) in [7, 11) is -1.99. The summed E-state index contributed by atoms with van der Waals surface area (Å²) in [5.74, 6) is -0.510. The summed E-state index contributed by atoms with van der Waals surface area (Å²) < 4.78 is 41.7. The molecule has 2 aromatic carbocycles. The average Bonchev–Trinajstić information content (AvgIpc) is 2.98. The maximum atomic E-state index is 15.3. The van der Waals surface area contributed by atoms with Gasteiger partial charge in [0.1, 0.15) is 17.3 Å². The molecule has 3 aromatic heterocycles. The molecule has 0 aliphatic heterocycles. The van der Waals surface area contributed by atoms with Crippen molar-refractivity contribution in [3.05, 3.63) is 98.6 Å². The lowest BCUT2D eigenvalue weighted by Crippen LogP contribution is -2.24. The largest absolute Gasteiger partial charge is 0.392 e. The molecular formula is C31H31FN6O5S. The summed E-state index contributed by atoms with van der Waals surface area (Å²) in [4.78, 5) is 30.7. The third kappa shape index (κ3) is 5.63. The minimum atomic E-state index is -3.45. The zero-order valence-electron chi connectivity index (χ0n) is 24.8. The Bertz CT molecular complexity index is 2140. The molecule has 228 valence electrons. The molecule has 0 amide bonds. The Kier molecular flexibility index (Phi) is 7.95. The van der Waals surface area contributed by atoms with E-state index in [0.29, 0.717) is 10.9 Å². The SMILES string of the molecule is CCS(=O)(=O)c1ccc(Nc2cc(-c3cccc(-n4ncc5cc(C(C)(C)C)cc(F)c5c4=O)c3CO)nn(C)c2=O)nc1. The van der Waals surface area contributed by atoms with Crippen LogP contribution in [-0.4, -0.2) is 43.8 Å². The van der Waals surface area contributed by atoms with E-state index in [1.54, 1.807) is 24.3 Å². The normalized spacial score (nSPS) is 12.1. The number of aromatic nitrogens is 5. The van der Waals surface area contributed by atoms with Gasteiger partial charge in [-0.15, -0.1) is 0 Å². The predicted octanol–water partition coefficient (Wildman–Crippen LogP) is 4.01. The quantitative estimate of drug-likeness (QED) is 0.276. The molecule has 0 spiro atoms. The van der Waals surface area contributed by atoms with Gasteiger partial charge in [0.15, 0.2) is 9.84 Å². The Morgan fingerprint density at radius 2 is 1.77 bits per heavy atom. The fourth-order valence-corrected chi connectivity index (χ4v) is 5.61. The topological polar surface area (TPSA) is 149 Å². The Morgan fingerprint density at radius 1 is 1.02 bits per heavy atom. The van der Waals surface area contributed by atoms with Crippen LogP contribution in [0, 0.1) is 5.82 Å². The summed E-state index contributed by atoms with van der Waals surface area (Å²) in [6, 6.07) is 12.3. The zero-order chi connectivity index (χ0) is 32.0. The third-order valence-corrected chi connectivity index (χ3v) is 9.04. The van der Waals surface area contributed by atoms with Gasteiger partial charge in [0, 0.05) is 29.8 Å². The number of aliphatic hydroxyl groups is 1. The number of sulfone groups is 1. The Balaban J connectivity index is 1.60. The van der Waals surface area contributed by atoms with Crippen LogP contribution in [0.1, 0.15) is 38.8 Å². The van der Waals surface area contributed by atoms with Crippen LogP contribution in [0.3, 0.4) is 0 Å². The van der Waals surface area contributed by atoms with Gasteiger partial charge in [-0.25, -0.2) is 22.5 Å². The Labute approximate surface area is 252 Å². The lowest BCUT2D eigenvalue weighted by atomic mass is 9.86. The van der Waals surface area contributed by atoms with Crippen LogP contribution >= 0.6 is 0 Å². The summed E-state index contributed by atoms with van der Waals surface area (Å²) in [5, 5.41) is 22.3. The second-order valence-electron chi connectivity index (χ2n) is 11.3. The number of rotatable bonds is 7. The number of halogens is 1. The second kappa shape index (κ2) is 11.4. The highest BCUT2D eigenvalue weighted by atomic mass is 32.2. The molecule has 0 aliphatic carbocycles. The summed E-state index contributed by atoms with van der Waals surface area (Å²) in [6.07, 6.45) is 2.63. The Hall–Kier alpha value is -4.75. The molecule has 13 heteroatoms. The minimum Gasteiger partial charge on any atom is -0.392 e. The van der Waals surface area contributed by atoms with Gasteiger partial charge in [-0.2, -0.15) is 14.9 Å². The third-order valence-electron chi connectivity index (χ3n) is 7.32. The van der Waals surface area contributed by atoms with Crippen LogP contribution < -0.4 is 16.4 Å². The van der Waals surface area contributed by atoms with Crippen molar-refractivity contribution in [1.29, 1.82) is 0 Å². The van der Waals surface area contributed by atoms with Crippen molar-refractivity contribution in [2.45, 2.75) is 44.6 Å². The number of nitrogens with one attached hydrogen (secondary N) is 1. The van der Waals surface area contributed by atoms with E-state index in [4.69, 9.17) is 0 Å². The molecule has 11 nitrogen and oxygen atoms in total. The van der Waals surface area contributed by atoms with E-state index in [1.165, 1.54) is 50.6 Å². The van der Waals surface area contributed by atoms with Crippen molar-refractivity contribution < 1.29 is 17.9 Å². The molecular weight excluding hydrogens is 587 g/mol. The number of hydrogen-bond acceptors (Lipinski definition) is 9. The van der Waals surface area contributed by atoms with Crippen molar-refractivity contribution >= 4 is 32.1 Å². The van der Waals surface area contributed by atoms with Crippen LogP contribution in [0.4, 0.5) is 15.9 Å². The average molecular weight is 619 g/mol. The summed E-state index contributed by atoms with van der Waals surface area (Å²) in [6.45, 7) is 6.85. The van der Waals surface area contributed by atoms with Crippen molar-refractivity contribution in [2.24, 2.45) is 7.05 Å². The van der Waals surface area contributed by atoms with Crippen LogP contribution in [-0.2, 0) is 28.9 Å². The second-order valence-corrected chi connectivity index (χ2v) is 13.6. The molecule has 0 fully saturated rings. The maximum Gasteiger partial charge on any atom is 0.290 e. The molecule has 5 aromatic rings. The fraction of sp³-hybridized carbons (Fsp3) is 0.258. The van der Waals surface area contributed by atoms with Gasteiger partial charge in [0.25, 0.3) is 11.1 Å². The van der Waals surface area contributed by atoms with E-state index in [9.17, 15) is 23.1 Å². The molecule has 5 rings (SSSR count). The van der Waals surface area contributed by atoms with Gasteiger partial charge in [-0.05, 0) is 47.4 Å². The van der Waals surface area contributed by atoms with E-state index >= 15 is 4.39 Å². The van der Waals surface area contributed by atoms with Crippen LogP contribution in [0.2, 0.25) is 0 Å². The van der Waals surface area contributed by atoms with E-state index in [0.717, 1.165) is 14.9 Å². The monoisotopic (exact) mass is 618 g/mol. The molecule has 44 heavy (non-hydrogen) atoms. The van der Waals surface area contributed by atoms with Crippen LogP contribution in [0.15, 0.2) is 75.4 Å². The number of aliphatic hydroxyl groups excluding tert-OH is 1. The van der Waals surface area contributed by atoms with Gasteiger partial charge in [0.2, 0.25) is 0 Å². The van der Waals surface area contributed by atoms with Gasteiger partial charge < -0.3 is 10.4 Å². The number of benzene rings is 2. The first kappa shape index (κ1) is 30.7. The number of hydrogen-bond donors (Lipinski definition) is 2. The van der Waals surface area contributed by atoms with Gasteiger partial charge in [-0.1, -0.05) is 39.8 Å². The van der Waals surface area contributed by atoms with Crippen LogP contribution in [0.5, 0.6) is 0 Å². The standard InChI is InChI=1S/C31H31FN6O5S/c1-6-44(42,43)20-10-11-27(33-16-20)35-25-14-24(36-37(5)29(25)40)21-8-7-9-26(22(21)17-39)38-30(41)28-18(15-34-38)12-19(13-23(28)32)31(2,3)4/h7-16,39H,6,17H2,1-5H3,(H,33,35). The smallest absolute Gasteiger partial charge is 0.290 e. The summed E-state index contributed by atoms with van der Waals surface area (Å²) in [5.41, 5.74) is 0.466. The van der Waals surface area contributed by atoms with E-state index < -0.39 is 33.4 Å². The van der Waals surface area contributed by atoms with E-state index in [-0.39, 0.29) is 49.9 Å². The summed E-state index contributed by atoms with van der Waals surface area (Å²) >= 11 is 0. The number of pyridine rings is 1. The van der Waals surface area contributed by atoms with Crippen molar-refractivity contribution in [1.82, 2.24) is 24.5 Å². The van der Waals surface area contributed by atoms with Crippen molar-refractivity contribution in [3.63, 3.8) is 0 Å². The highest BCUT2D eigenvalue weighted by Gasteiger charge is 2.21. The zero-order valence-corrected chi connectivity index (χ0v) is 25.6. The Morgan fingerprint density at radius 3 is 2.41 bits per heavy atom. The first-order chi connectivity index (χ1) is 20.7. The molecule has 0 aliphatic rings. The molecule has 0 bridgehead atoms. The first-order valence-electron chi connectivity index (χ1n) is 13.7. The molecule has 0 saturated heterocycles. The van der Waals surface area contributed by atoms with E-state index in [2.05, 4.69) is 20.5 Å². The molecule has 0 saturated carbocycles. The lowest BCUT2D eigenvalue weighted by molar-refractivity contribution is 0.281. The molecule has 3 heterocycles. The molecule has 0 unspecified atom stereocenters. The number of anilines is 2. The maximum absolute atomic E-state index is 15.3. The minimum absolute atomic E-state index is 0.0605. The number of aryl methyl sites for hydroxylation is 1. The lowest BCUT2D eigenvalue weighted by Gasteiger charge is -2.20. The highest BCUT2D eigenvalue weighted by Crippen LogP contribution is 2.30. The molecule has 2 N–H and O–H groups in total. The molecule has 0 radical (unpaired) electrons.